The summed E-state index contributed by atoms with van der Waals surface area (Å²) >= 11 is 0. The Morgan fingerprint density at radius 3 is 2.75 bits per heavy atom. The standard InChI is InChI=1S/C16H12N2O6/c1-8(19)23-14-12(20)13(24-15(14)18-16(21)22)10-6-9-4-2-3-5-11(9)17-7-10/h2-7,18,20H,1H3,(H,21,22). The summed E-state index contributed by atoms with van der Waals surface area (Å²) < 4.78 is 10.2. The highest BCUT2D eigenvalue weighted by molar-refractivity contribution is 5.89. The summed E-state index contributed by atoms with van der Waals surface area (Å²) in [5, 5.41) is 21.8. The predicted octanol–water partition coefficient (Wildman–Crippen LogP) is 3.22. The Balaban J connectivity index is 2.13. The third-order valence-electron chi connectivity index (χ3n) is 3.16. The highest BCUT2D eigenvalue weighted by Crippen LogP contribution is 2.46. The van der Waals surface area contributed by atoms with Gasteiger partial charge in [0.25, 0.3) is 5.88 Å². The molecule has 0 radical (unpaired) electrons. The molecule has 3 aromatic rings. The van der Waals surface area contributed by atoms with E-state index in [1.807, 2.05) is 29.6 Å². The average molecular weight is 328 g/mol. The maximum Gasteiger partial charge on any atom is 0.411 e. The van der Waals surface area contributed by atoms with Gasteiger partial charge >= 0.3 is 12.1 Å². The molecule has 0 spiro atoms. The summed E-state index contributed by atoms with van der Waals surface area (Å²) in [6.07, 6.45) is 0.0310. The molecule has 2 heterocycles. The largest absolute Gasteiger partial charge is 0.502 e. The van der Waals surface area contributed by atoms with Gasteiger partial charge in [0.05, 0.1) is 5.52 Å². The van der Waals surface area contributed by atoms with Crippen molar-refractivity contribution in [3.63, 3.8) is 0 Å². The third-order valence-corrected chi connectivity index (χ3v) is 3.16. The van der Waals surface area contributed by atoms with Crippen LogP contribution in [0.25, 0.3) is 22.2 Å². The predicted molar refractivity (Wildman–Crippen MR) is 84.1 cm³/mol. The van der Waals surface area contributed by atoms with Crippen LogP contribution in [0.3, 0.4) is 0 Å². The number of nitrogens with zero attached hydrogens (tertiary/aromatic N) is 1. The summed E-state index contributed by atoms with van der Waals surface area (Å²) in [6.45, 7) is 1.12. The SMILES string of the molecule is CC(=O)Oc1c(NC(=O)O)oc(-c2cnc3ccccc3c2)c1O. The van der Waals surface area contributed by atoms with Gasteiger partial charge in [-0.05, 0) is 12.1 Å². The van der Waals surface area contributed by atoms with Crippen LogP contribution in [0.4, 0.5) is 10.7 Å². The molecule has 3 N–H and O–H groups in total. The number of pyridine rings is 1. The molecule has 0 aliphatic rings. The molecule has 0 aliphatic carbocycles. The number of fused-ring (bicyclic) bond motifs is 1. The second-order valence-electron chi connectivity index (χ2n) is 4.88. The number of carboxylic acid groups (broad SMARTS) is 1. The number of carbonyl (C=O) groups is 2. The van der Waals surface area contributed by atoms with E-state index in [9.17, 15) is 14.7 Å². The van der Waals surface area contributed by atoms with Gasteiger partial charge in [0.1, 0.15) is 0 Å². The number of esters is 1. The molecule has 0 atom stereocenters. The number of anilines is 1. The van der Waals surface area contributed by atoms with Crippen LogP contribution in [0, 0.1) is 0 Å². The number of hydrogen-bond acceptors (Lipinski definition) is 6. The smallest absolute Gasteiger partial charge is 0.411 e. The molecule has 1 amide bonds. The van der Waals surface area contributed by atoms with Gasteiger partial charge in [0, 0.05) is 24.1 Å². The lowest BCUT2D eigenvalue weighted by atomic mass is 10.1. The Morgan fingerprint density at radius 2 is 2.04 bits per heavy atom. The van der Waals surface area contributed by atoms with Crippen LogP contribution in [0.2, 0.25) is 0 Å². The Bertz CT molecular complexity index is 947. The number of aromatic hydroxyl groups is 1. The van der Waals surface area contributed by atoms with Crippen LogP contribution in [0.1, 0.15) is 6.92 Å². The molecule has 0 saturated carbocycles. The first-order chi connectivity index (χ1) is 11.5. The van der Waals surface area contributed by atoms with Gasteiger partial charge in [-0.2, -0.15) is 0 Å². The number of ether oxygens (including phenoxy) is 1. The molecule has 3 rings (SSSR count). The fourth-order valence-electron chi connectivity index (χ4n) is 2.22. The maximum absolute atomic E-state index is 11.2. The summed E-state index contributed by atoms with van der Waals surface area (Å²) in [6, 6.07) is 9.03. The number of furan rings is 1. The minimum atomic E-state index is -1.43. The molecule has 122 valence electrons. The fraction of sp³-hybridized carbons (Fsp3) is 0.0625. The molecular formula is C16H12N2O6. The number of rotatable bonds is 3. The van der Waals surface area contributed by atoms with E-state index in [1.165, 1.54) is 6.20 Å². The van der Waals surface area contributed by atoms with Crippen molar-refractivity contribution < 1.29 is 29.0 Å². The lowest BCUT2D eigenvalue weighted by Crippen LogP contribution is -2.09. The van der Waals surface area contributed by atoms with Crippen molar-refractivity contribution in [2.24, 2.45) is 0 Å². The first-order valence-electron chi connectivity index (χ1n) is 6.85. The molecule has 24 heavy (non-hydrogen) atoms. The number of nitrogens with one attached hydrogen (secondary N) is 1. The van der Waals surface area contributed by atoms with Crippen LogP contribution in [0.5, 0.6) is 11.5 Å². The zero-order valence-electron chi connectivity index (χ0n) is 12.4. The molecule has 8 nitrogen and oxygen atoms in total. The van der Waals surface area contributed by atoms with Gasteiger partial charge in [0.15, 0.2) is 5.76 Å². The van der Waals surface area contributed by atoms with Crippen molar-refractivity contribution in [1.29, 1.82) is 0 Å². The lowest BCUT2D eigenvalue weighted by molar-refractivity contribution is -0.132. The van der Waals surface area contributed by atoms with Gasteiger partial charge in [-0.15, -0.1) is 0 Å². The van der Waals surface area contributed by atoms with Crippen LogP contribution in [-0.2, 0) is 4.79 Å². The topological polar surface area (TPSA) is 122 Å². The van der Waals surface area contributed by atoms with E-state index < -0.39 is 29.4 Å². The Hall–Kier alpha value is -3.55. The molecule has 0 saturated heterocycles. The van der Waals surface area contributed by atoms with Gasteiger partial charge in [-0.1, -0.05) is 18.2 Å². The second-order valence-corrected chi connectivity index (χ2v) is 4.88. The van der Waals surface area contributed by atoms with Crippen molar-refractivity contribution in [2.45, 2.75) is 6.92 Å². The first kappa shape index (κ1) is 15.3. The van der Waals surface area contributed by atoms with E-state index in [0.29, 0.717) is 5.56 Å². The minimum Gasteiger partial charge on any atom is -0.502 e. The van der Waals surface area contributed by atoms with Crippen molar-refractivity contribution in [2.75, 3.05) is 5.32 Å². The number of para-hydroxylation sites is 1. The van der Waals surface area contributed by atoms with Crippen molar-refractivity contribution in [3.8, 4) is 22.8 Å². The molecule has 0 aliphatic heterocycles. The molecule has 1 aromatic carbocycles. The van der Waals surface area contributed by atoms with Crippen molar-refractivity contribution in [3.05, 3.63) is 36.5 Å². The van der Waals surface area contributed by atoms with Crippen LogP contribution >= 0.6 is 0 Å². The van der Waals surface area contributed by atoms with Crippen LogP contribution in [-0.4, -0.2) is 27.3 Å². The second kappa shape index (κ2) is 5.92. The van der Waals surface area contributed by atoms with E-state index >= 15 is 0 Å². The summed E-state index contributed by atoms with van der Waals surface area (Å²) in [5.74, 6) is -2.08. The van der Waals surface area contributed by atoms with E-state index in [0.717, 1.165) is 17.8 Å². The normalized spacial score (nSPS) is 10.5. The zero-order valence-corrected chi connectivity index (χ0v) is 12.4. The van der Waals surface area contributed by atoms with Gasteiger partial charge in [-0.3, -0.25) is 15.1 Å². The third kappa shape index (κ3) is 2.84. The summed E-state index contributed by atoms with van der Waals surface area (Å²) in [5.41, 5.74) is 1.15. The van der Waals surface area contributed by atoms with E-state index in [1.54, 1.807) is 6.07 Å². The molecule has 0 bridgehead atoms. The van der Waals surface area contributed by atoms with Gasteiger partial charge in [0.2, 0.25) is 11.5 Å². The number of benzene rings is 1. The van der Waals surface area contributed by atoms with Crippen molar-refractivity contribution in [1.82, 2.24) is 4.98 Å². The Kier molecular flexibility index (Phi) is 3.78. The molecular weight excluding hydrogens is 316 g/mol. The number of aromatic nitrogens is 1. The lowest BCUT2D eigenvalue weighted by Gasteiger charge is -2.01. The summed E-state index contributed by atoms with van der Waals surface area (Å²) in [7, 11) is 0. The number of amides is 1. The monoisotopic (exact) mass is 328 g/mol. The van der Waals surface area contributed by atoms with Gasteiger partial charge in [-0.25, -0.2) is 4.79 Å². The van der Waals surface area contributed by atoms with Crippen LogP contribution < -0.4 is 10.1 Å². The number of hydrogen-bond donors (Lipinski definition) is 3. The molecule has 2 aromatic heterocycles. The molecule has 0 fully saturated rings. The fourth-order valence-corrected chi connectivity index (χ4v) is 2.22. The Labute approximate surface area is 135 Å². The van der Waals surface area contributed by atoms with E-state index in [4.69, 9.17) is 14.3 Å². The Morgan fingerprint density at radius 1 is 1.29 bits per heavy atom. The molecule has 0 unspecified atom stereocenters. The van der Waals surface area contributed by atoms with E-state index in [-0.39, 0.29) is 5.76 Å². The highest BCUT2D eigenvalue weighted by atomic mass is 16.6. The maximum atomic E-state index is 11.2. The van der Waals surface area contributed by atoms with E-state index in [2.05, 4.69) is 4.98 Å². The first-order valence-corrected chi connectivity index (χ1v) is 6.85. The zero-order chi connectivity index (χ0) is 17.3. The minimum absolute atomic E-state index is 0.0618. The quantitative estimate of drug-likeness (QED) is 0.631. The average Bonchev–Trinajstić information content (AvgIpc) is 2.82. The van der Waals surface area contributed by atoms with Crippen molar-refractivity contribution >= 4 is 28.8 Å². The highest BCUT2D eigenvalue weighted by Gasteiger charge is 2.25. The van der Waals surface area contributed by atoms with Crippen LogP contribution in [0.15, 0.2) is 40.9 Å². The number of carbonyl (C=O) groups excluding carboxylic acids is 1. The summed E-state index contributed by atoms with van der Waals surface area (Å²) in [4.78, 5) is 26.2. The molecule has 8 heteroatoms. The van der Waals surface area contributed by atoms with Gasteiger partial charge < -0.3 is 19.4 Å².